The molecule has 0 aromatic carbocycles. The molecule has 0 saturated carbocycles. The molecule has 0 spiro atoms. The van der Waals surface area contributed by atoms with Gasteiger partial charge in [-0.3, -0.25) is 13.8 Å². The normalized spacial score (nSPS) is 15.6. The van der Waals surface area contributed by atoms with Crippen LogP contribution < -0.4 is 5.32 Å². The maximum atomic E-state index is 12.8. The third kappa shape index (κ3) is 42.6. The van der Waals surface area contributed by atoms with Gasteiger partial charge in [-0.1, -0.05) is 160 Å². The third-order valence-electron chi connectivity index (χ3n) is 8.60. The van der Waals surface area contributed by atoms with Crippen LogP contribution in [0.3, 0.4) is 0 Å². The minimum absolute atomic E-state index is 0.0363. The van der Waals surface area contributed by atoms with Crippen LogP contribution in [0, 0.1) is 0 Å². The lowest BCUT2D eigenvalue weighted by Gasteiger charge is -2.25. The molecule has 0 aliphatic heterocycles. The number of carbonyl (C=O) groups is 1. The fraction of sp³-hybridized carbons (Fsp3) is 0.540. The number of quaternary nitrogens is 1. The summed E-state index contributed by atoms with van der Waals surface area (Å²) in [6.45, 7) is 4.50. The molecule has 0 rings (SSSR count). The van der Waals surface area contributed by atoms with Gasteiger partial charge in [-0.2, -0.15) is 0 Å². The molecule has 0 radical (unpaired) electrons. The zero-order chi connectivity index (χ0) is 43.6. The Hall–Kier alpha value is -3.36. The van der Waals surface area contributed by atoms with Crippen molar-refractivity contribution >= 4 is 13.7 Å². The molecule has 332 valence electrons. The van der Waals surface area contributed by atoms with E-state index < -0.39 is 20.0 Å². The molecule has 59 heavy (non-hydrogen) atoms. The van der Waals surface area contributed by atoms with Gasteiger partial charge in [0.2, 0.25) is 5.91 Å². The lowest BCUT2D eigenvalue weighted by molar-refractivity contribution is -0.870. The van der Waals surface area contributed by atoms with E-state index in [0.717, 1.165) is 89.9 Å². The first kappa shape index (κ1) is 55.6. The minimum atomic E-state index is -4.36. The Kier molecular flexibility index (Phi) is 37.8. The molecule has 0 saturated heterocycles. The number of aliphatic hydroxyl groups excluding tert-OH is 1. The molecule has 9 heteroatoms. The summed E-state index contributed by atoms with van der Waals surface area (Å²) >= 11 is 0. The molecule has 0 aliphatic carbocycles. The Bertz CT molecular complexity index is 1410. The largest absolute Gasteiger partial charge is 0.472 e. The SMILES string of the molecule is CC/C=C\C/C=C\C/C=C\C/C=C\C/C=C\C/C=C\C/C=C\C/C=C\C/C=C\CCCC(=O)NC(COP(=O)(O)OCC[N+](C)(C)C)C(O)/C=C/CC/C=C/CCCC. The van der Waals surface area contributed by atoms with E-state index in [1.165, 1.54) is 6.42 Å². The third-order valence-corrected chi connectivity index (χ3v) is 9.59. The predicted molar refractivity (Wildman–Crippen MR) is 253 cm³/mol. The highest BCUT2D eigenvalue weighted by Gasteiger charge is 2.27. The summed E-state index contributed by atoms with van der Waals surface area (Å²) in [4.78, 5) is 23.0. The number of unbranched alkanes of at least 4 members (excludes halogenated alkanes) is 4. The first-order valence-electron chi connectivity index (χ1n) is 22.1. The quantitative estimate of drug-likeness (QED) is 0.0249. The van der Waals surface area contributed by atoms with Gasteiger partial charge in [0, 0.05) is 6.42 Å². The van der Waals surface area contributed by atoms with Gasteiger partial charge >= 0.3 is 7.82 Å². The number of likely N-dealkylation sites (N-methyl/N-ethyl adjacent to an activating group) is 1. The molecule has 0 heterocycles. The highest BCUT2D eigenvalue weighted by Crippen LogP contribution is 2.43. The molecule has 0 aliphatic rings. The maximum Gasteiger partial charge on any atom is 0.472 e. The topological polar surface area (TPSA) is 105 Å². The lowest BCUT2D eigenvalue weighted by atomic mass is 10.1. The summed E-state index contributed by atoms with van der Waals surface area (Å²) in [7, 11) is 1.48. The summed E-state index contributed by atoms with van der Waals surface area (Å²) in [5.41, 5.74) is 0. The van der Waals surface area contributed by atoms with Crippen LogP contribution in [-0.2, 0) is 18.4 Å². The molecular formula is C50H82N2O6P+. The van der Waals surface area contributed by atoms with E-state index in [1.807, 2.05) is 27.2 Å². The molecule has 0 aromatic rings. The van der Waals surface area contributed by atoms with Gasteiger partial charge in [0.05, 0.1) is 39.9 Å². The van der Waals surface area contributed by atoms with Crippen molar-refractivity contribution in [3.63, 3.8) is 0 Å². The number of aliphatic hydroxyl groups is 1. The summed E-state index contributed by atoms with van der Waals surface area (Å²) in [5.74, 6) is -0.257. The summed E-state index contributed by atoms with van der Waals surface area (Å²) < 4.78 is 23.4. The predicted octanol–water partition coefficient (Wildman–Crippen LogP) is 12.5. The first-order valence-corrected chi connectivity index (χ1v) is 23.6. The molecule has 0 bridgehead atoms. The van der Waals surface area contributed by atoms with Crippen molar-refractivity contribution in [2.24, 2.45) is 0 Å². The van der Waals surface area contributed by atoms with Gasteiger partial charge < -0.3 is 19.8 Å². The van der Waals surface area contributed by atoms with Crippen LogP contribution in [0.1, 0.15) is 123 Å². The van der Waals surface area contributed by atoms with Crippen LogP contribution in [0.25, 0.3) is 0 Å². The number of phosphoric ester groups is 1. The number of nitrogens with one attached hydrogen (secondary N) is 1. The van der Waals surface area contributed by atoms with Crippen molar-refractivity contribution in [3.05, 3.63) is 134 Å². The number of phosphoric acid groups is 1. The van der Waals surface area contributed by atoms with E-state index in [-0.39, 0.29) is 25.5 Å². The van der Waals surface area contributed by atoms with Crippen LogP contribution in [0.5, 0.6) is 0 Å². The summed E-state index contributed by atoms with van der Waals surface area (Å²) in [5, 5.41) is 13.6. The smallest absolute Gasteiger partial charge is 0.387 e. The number of hydrogen-bond donors (Lipinski definition) is 3. The summed E-state index contributed by atoms with van der Waals surface area (Å²) in [6, 6.07) is -0.901. The lowest BCUT2D eigenvalue weighted by Crippen LogP contribution is -2.45. The summed E-state index contributed by atoms with van der Waals surface area (Å²) in [6.07, 6.45) is 61.3. The van der Waals surface area contributed by atoms with E-state index in [1.54, 1.807) is 6.08 Å². The second-order valence-corrected chi connectivity index (χ2v) is 16.8. The fourth-order valence-corrected chi connectivity index (χ4v) is 5.84. The number of hydrogen-bond acceptors (Lipinski definition) is 5. The van der Waals surface area contributed by atoms with Gasteiger partial charge in [0.1, 0.15) is 13.2 Å². The van der Waals surface area contributed by atoms with Crippen molar-refractivity contribution < 1.29 is 32.9 Å². The Morgan fingerprint density at radius 3 is 1.46 bits per heavy atom. The van der Waals surface area contributed by atoms with Gasteiger partial charge in [0.25, 0.3) is 0 Å². The molecule has 3 atom stereocenters. The zero-order valence-electron chi connectivity index (χ0n) is 37.4. The second-order valence-electron chi connectivity index (χ2n) is 15.3. The van der Waals surface area contributed by atoms with Gasteiger partial charge in [-0.25, -0.2) is 4.57 Å². The Balaban J connectivity index is 4.39. The van der Waals surface area contributed by atoms with Gasteiger partial charge in [-0.15, -0.1) is 0 Å². The van der Waals surface area contributed by atoms with Crippen molar-refractivity contribution in [1.29, 1.82) is 0 Å². The molecule has 1 amide bonds. The Morgan fingerprint density at radius 2 is 1.00 bits per heavy atom. The van der Waals surface area contributed by atoms with Crippen molar-refractivity contribution in [2.75, 3.05) is 40.9 Å². The highest BCUT2D eigenvalue weighted by molar-refractivity contribution is 7.47. The fourth-order valence-electron chi connectivity index (χ4n) is 5.10. The van der Waals surface area contributed by atoms with E-state index in [4.69, 9.17) is 9.05 Å². The van der Waals surface area contributed by atoms with E-state index in [9.17, 15) is 19.4 Å². The van der Waals surface area contributed by atoms with Gasteiger partial charge in [-0.05, 0) is 89.9 Å². The second kappa shape index (κ2) is 40.1. The average Bonchev–Trinajstić information content (AvgIpc) is 3.19. The number of nitrogens with zero attached hydrogens (tertiary/aromatic N) is 1. The van der Waals surface area contributed by atoms with Crippen molar-refractivity contribution in [3.8, 4) is 0 Å². The zero-order valence-corrected chi connectivity index (χ0v) is 38.3. The molecule has 3 unspecified atom stereocenters. The van der Waals surface area contributed by atoms with Crippen LogP contribution in [0.2, 0.25) is 0 Å². The minimum Gasteiger partial charge on any atom is -0.387 e. The number of carbonyl (C=O) groups excluding carboxylic acids is 1. The number of rotatable bonds is 37. The van der Waals surface area contributed by atoms with E-state index >= 15 is 0 Å². The van der Waals surface area contributed by atoms with Gasteiger partial charge in [0.15, 0.2) is 0 Å². The maximum absolute atomic E-state index is 12.8. The Labute approximate surface area is 360 Å². The van der Waals surface area contributed by atoms with E-state index in [0.29, 0.717) is 17.4 Å². The van der Waals surface area contributed by atoms with Crippen LogP contribution in [-0.4, -0.2) is 73.4 Å². The van der Waals surface area contributed by atoms with E-state index in [2.05, 4.69) is 141 Å². The standard InChI is InChI=1S/C50H81N2O6P/c1-6-8-10-12-14-16-17-18-19-20-21-22-23-24-25-26-27-28-29-30-31-32-33-34-35-36-38-40-42-44-50(54)51-48(47-58-59(55,56)57-46-45-52(3,4)5)49(53)43-41-39-37-15-13-11-9-7-2/h8,10,13-16,18-19,21-22,24-25,27-28,30-31,33-34,36,38,41,43,48-49,53H,6-7,9,11-12,17,20,23,26,29,32,35,37,39-40,42,44-47H2,1-5H3,(H-,51,54,55,56)/p+1/b10-8-,15-13+,16-14-,19-18-,22-21-,25-24-,28-27-,31-30-,34-33-,38-36-,43-41+. The van der Waals surface area contributed by atoms with Crippen LogP contribution >= 0.6 is 7.82 Å². The Morgan fingerprint density at radius 1 is 0.593 bits per heavy atom. The van der Waals surface area contributed by atoms with Crippen molar-refractivity contribution in [2.45, 2.75) is 135 Å². The molecule has 0 aromatic heterocycles. The molecule has 0 fully saturated rings. The molecule has 8 nitrogen and oxygen atoms in total. The number of allylic oxidation sites excluding steroid dienone is 21. The van der Waals surface area contributed by atoms with Crippen LogP contribution in [0.4, 0.5) is 0 Å². The molecular weight excluding hydrogens is 756 g/mol. The first-order chi connectivity index (χ1) is 28.5. The molecule has 3 N–H and O–H groups in total. The average molecular weight is 838 g/mol. The monoisotopic (exact) mass is 838 g/mol. The van der Waals surface area contributed by atoms with Crippen molar-refractivity contribution in [1.82, 2.24) is 5.32 Å². The number of amides is 1. The van der Waals surface area contributed by atoms with Crippen LogP contribution in [0.15, 0.2) is 134 Å². The highest BCUT2D eigenvalue weighted by atomic mass is 31.2.